The Kier molecular flexibility index (Phi) is 5.35. The molecule has 0 saturated heterocycles. The quantitative estimate of drug-likeness (QED) is 0.829. The second kappa shape index (κ2) is 7.45. The lowest BCUT2D eigenvalue weighted by atomic mass is 10.1. The largest absolute Gasteiger partial charge is 0.489 e. The zero-order valence-corrected chi connectivity index (χ0v) is 12.0. The summed E-state index contributed by atoms with van der Waals surface area (Å²) in [7, 11) is 0. The van der Waals surface area contributed by atoms with E-state index >= 15 is 0 Å². The lowest BCUT2D eigenvalue weighted by molar-refractivity contribution is -0.144. The zero-order valence-electron chi connectivity index (χ0n) is 12.0. The van der Waals surface area contributed by atoms with Gasteiger partial charge in [-0.1, -0.05) is 42.5 Å². The van der Waals surface area contributed by atoms with Gasteiger partial charge in [-0.15, -0.1) is 0 Å². The maximum Gasteiger partial charge on any atom is 0.327 e. The number of nitrogens with two attached hydrogens (primary N) is 1. The third kappa shape index (κ3) is 4.33. The molecule has 0 spiro atoms. The van der Waals surface area contributed by atoms with Gasteiger partial charge in [0.25, 0.3) is 0 Å². The van der Waals surface area contributed by atoms with Crippen molar-refractivity contribution >= 4 is 5.97 Å². The van der Waals surface area contributed by atoms with E-state index in [4.69, 9.17) is 15.2 Å². The van der Waals surface area contributed by atoms with Crippen LogP contribution in [0.4, 0.5) is 0 Å². The van der Waals surface area contributed by atoms with E-state index in [1.807, 2.05) is 42.5 Å². The van der Waals surface area contributed by atoms with Crippen LogP contribution in [0.15, 0.2) is 54.6 Å². The molecular weight excluding hydrogens is 266 g/mol. The highest BCUT2D eigenvalue weighted by molar-refractivity contribution is 5.77. The van der Waals surface area contributed by atoms with Crippen LogP contribution in [0.5, 0.6) is 5.75 Å². The Morgan fingerprint density at radius 1 is 1.14 bits per heavy atom. The molecule has 1 unspecified atom stereocenters. The number of rotatable bonds is 6. The molecule has 0 aliphatic heterocycles. The monoisotopic (exact) mass is 285 g/mol. The van der Waals surface area contributed by atoms with Crippen LogP contribution in [0, 0.1) is 0 Å². The molecule has 2 aromatic carbocycles. The van der Waals surface area contributed by atoms with Gasteiger partial charge in [0.05, 0.1) is 6.61 Å². The minimum atomic E-state index is -0.787. The topological polar surface area (TPSA) is 61.5 Å². The van der Waals surface area contributed by atoms with Crippen molar-refractivity contribution in [1.82, 2.24) is 0 Å². The third-order valence-corrected chi connectivity index (χ3v) is 3.01. The van der Waals surface area contributed by atoms with Crippen molar-refractivity contribution in [1.29, 1.82) is 0 Å². The third-order valence-electron chi connectivity index (χ3n) is 3.01. The number of hydrogen-bond donors (Lipinski definition) is 1. The molecular formula is C17H19NO3. The minimum Gasteiger partial charge on any atom is -0.489 e. The van der Waals surface area contributed by atoms with Crippen LogP contribution in [0.3, 0.4) is 0 Å². The molecule has 0 aliphatic carbocycles. The molecule has 0 fully saturated rings. The number of ether oxygens (including phenoxy) is 2. The van der Waals surface area contributed by atoms with Crippen molar-refractivity contribution in [3.05, 3.63) is 65.7 Å². The van der Waals surface area contributed by atoms with Gasteiger partial charge >= 0.3 is 5.97 Å². The Bertz CT molecular complexity index is 584. The van der Waals surface area contributed by atoms with Gasteiger partial charge in [-0.3, -0.25) is 0 Å². The predicted octanol–water partition coefficient (Wildman–Crippen LogP) is 2.83. The summed E-state index contributed by atoms with van der Waals surface area (Å²) in [6, 6.07) is 16.3. The molecule has 21 heavy (non-hydrogen) atoms. The first-order valence-electron chi connectivity index (χ1n) is 6.89. The lowest BCUT2D eigenvalue weighted by Crippen LogP contribution is -2.23. The van der Waals surface area contributed by atoms with Gasteiger partial charge in [-0.25, -0.2) is 4.79 Å². The standard InChI is InChI=1S/C17H19NO3/c1-2-20-17(19)16(18)14-9-6-10-15(11-14)21-12-13-7-4-3-5-8-13/h3-11,16H,2,12,18H2,1H3. The van der Waals surface area contributed by atoms with Crippen LogP contribution in [-0.4, -0.2) is 12.6 Å². The van der Waals surface area contributed by atoms with Gasteiger partial charge in [0.15, 0.2) is 0 Å². The van der Waals surface area contributed by atoms with E-state index < -0.39 is 12.0 Å². The summed E-state index contributed by atoms with van der Waals surface area (Å²) < 4.78 is 10.6. The van der Waals surface area contributed by atoms with Crippen molar-refractivity contribution in [3.63, 3.8) is 0 Å². The molecule has 0 aromatic heterocycles. The molecule has 0 amide bonds. The Morgan fingerprint density at radius 3 is 2.62 bits per heavy atom. The van der Waals surface area contributed by atoms with Crippen LogP contribution >= 0.6 is 0 Å². The Hall–Kier alpha value is -2.33. The highest BCUT2D eigenvalue weighted by Gasteiger charge is 2.17. The summed E-state index contributed by atoms with van der Waals surface area (Å²) in [5.74, 6) is 0.244. The number of benzene rings is 2. The van der Waals surface area contributed by atoms with Gasteiger partial charge in [-0.05, 0) is 30.2 Å². The number of esters is 1. The average Bonchev–Trinajstić information content (AvgIpc) is 2.54. The Balaban J connectivity index is 2.02. The molecule has 0 heterocycles. The summed E-state index contributed by atoms with van der Waals surface area (Å²) in [6.45, 7) is 2.54. The SMILES string of the molecule is CCOC(=O)C(N)c1cccc(OCc2ccccc2)c1. The van der Waals surface area contributed by atoms with Gasteiger partial charge in [0, 0.05) is 0 Å². The van der Waals surface area contributed by atoms with Gasteiger partial charge in [-0.2, -0.15) is 0 Å². The molecule has 2 aromatic rings. The smallest absolute Gasteiger partial charge is 0.327 e. The minimum absolute atomic E-state index is 0.316. The summed E-state index contributed by atoms with van der Waals surface area (Å²) in [4.78, 5) is 11.6. The molecule has 0 bridgehead atoms. The molecule has 2 N–H and O–H groups in total. The zero-order chi connectivity index (χ0) is 15.1. The molecule has 110 valence electrons. The van der Waals surface area contributed by atoms with E-state index in [9.17, 15) is 4.79 Å². The summed E-state index contributed by atoms with van der Waals surface area (Å²) >= 11 is 0. The van der Waals surface area contributed by atoms with Crippen LogP contribution in [0.1, 0.15) is 24.1 Å². The number of carbonyl (C=O) groups excluding carboxylic acids is 1. The molecule has 0 radical (unpaired) electrons. The Morgan fingerprint density at radius 2 is 1.90 bits per heavy atom. The predicted molar refractivity (Wildman–Crippen MR) is 80.8 cm³/mol. The maximum absolute atomic E-state index is 11.6. The highest BCUT2D eigenvalue weighted by atomic mass is 16.5. The normalized spacial score (nSPS) is 11.7. The van der Waals surface area contributed by atoms with Crippen LogP contribution in [0.25, 0.3) is 0 Å². The van der Waals surface area contributed by atoms with Crippen molar-refractivity contribution in [3.8, 4) is 5.75 Å². The summed E-state index contributed by atoms with van der Waals surface area (Å²) in [5, 5.41) is 0. The molecule has 1 atom stereocenters. The van der Waals surface area contributed by atoms with Crippen LogP contribution < -0.4 is 10.5 Å². The molecule has 4 heteroatoms. The first kappa shape index (κ1) is 15.1. The summed E-state index contributed by atoms with van der Waals surface area (Å²) in [5.41, 5.74) is 7.63. The number of carbonyl (C=O) groups is 1. The molecule has 0 aliphatic rings. The fourth-order valence-corrected chi connectivity index (χ4v) is 1.91. The highest BCUT2D eigenvalue weighted by Crippen LogP contribution is 2.20. The van der Waals surface area contributed by atoms with E-state index in [-0.39, 0.29) is 0 Å². The Labute approximate surface area is 124 Å². The first-order chi connectivity index (χ1) is 10.2. The number of hydrogen-bond acceptors (Lipinski definition) is 4. The summed E-state index contributed by atoms with van der Waals surface area (Å²) in [6.07, 6.45) is 0. The van der Waals surface area contributed by atoms with E-state index in [1.54, 1.807) is 19.1 Å². The maximum atomic E-state index is 11.6. The van der Waals surface area contributed by atoms with Crippen molar-refractivity contribution in [2.24, 2.45) is 5.73 Å². The average molecular weight is 285 g/mol. The van der Waals surface area contributed by atoms with E-state index in [0.717, 1.165) is 5.56 Å². The van der Waals surface area contributed by atoms with Gasteiger partial charge in [0.2, 0.25) is 0 Å². The van der Waals surface area contributed by atoms with Crippen LogP contribution in [-0.2, 0) is 16.1 Å². The first-order valence-corrected chi connectivity index (χ1v) is 6.89. The van der Waals surface area contributed by atoms with Crippen molar-refractivity contribution in [2.75, 3.05) is 6.61 Å². The van der Waals surface area contributed by atoms with E-state index in [1.165, 1.54) is 0 Å². The van der Waals surface area contributed by atoms with Crippen molar-refractivity contribution < 1.29 is 14.3 Å². The molecule has 0 saturated carbocycles. The molecule has 2 rings (SSSR count). The fraction of sp³-hybridized carbons (Fsp3) is 0.235. The van der Waals surface area contributed by atoms with Crippen LogP contribution in [0.2, 0.25) is 0 Å². The fourth-order valence-electron chi connectivity index (χ4n) is 1.91. The second-order valence-corrected chi connectivity index (χ2v) is 4.58. The lowest BCUT2D eigenvalue weighted by Gasteiger charge is -2.12. The van der Waals surface area contributed by atoms with Gasteiger partial charge < -0.3 is 15.2 Å². The second-order valence-electron chi connectivity index (χ2n) is 4.58. The van der Waals surface area contributed by atoms with E-state index in [0.29, 0.717) is 24.5 Å². The van der Waals surface area contributed by atoms with Gasteiger partial charge in [0.1, 0.15) is 18.4 Å². The molecule has 4 nitrogen and oxygen atoms in total. The van der Waals surface area contributed by atoms with Crippen molar-refractivity contribution in [2.45, 2.75) is 19.6 Å². The van der Waals surface area contributed by atoms with E-state index in [2.05, 4.69) is 0 Å².